The van der Waals surface area contributed by atoms with Crippen LogP contribution in [0.2, 0.25) is 0 Å². The van der Waals surface area contributed by atoms with Gasteiger partial charge in [-0.3, -0.25) is 9.59 Å². The minimum atomic E-state index is -0.561. The van der Waals surface area contributed by atoms with Crippen molar-refractivity contribution in [3.8, 4) is 0 Å². The molecule has 0 aromatic heterocycles. The Morgan fingerprint density at radius 1 is 0.411 bits per heavy atom. The van der Waals surface area contributed by atoms with Crippen LogP contribution >= 0.6 is 0 Å². The third-order valence-corrected chi connectivity index (χ3v) is 9.40. The fourth-order valence-corrected chi connectivity index (χ4v) is 5.99. The molecule has 0 heterocycles. The second kappa shape index (κ2) is 46.5. The SMILES string of the molecule is CC/C=C\C/C=C\C/C=C\CCCCCCCCOCC(COC(=O)CCCCC/C=C\C/C=C\C/C=C\CC)OC(=O)CCCCCCC/C=C\CCCC. The molecule has 0 fully saturated rings. The zero-order valence-electron chi connectivity index (χ0n) is 36.6. The molecule has 0 saturated carbocycles. The van der Waals surface area contributed by atoms with Crippen LogP contribution in [0.4, 0.5) is 0 Å². The maximum atomic E-state index is 12.7. The number of esters is 2. The van der Waals surface area contributed by atoms with Crippen LogP contribution in [0.3, 0.4) is 0 Å². The van der Waals surface area contributed by atoms with Gasteiger partial charge in [0.15, 0.2) is 6.10 Å². The summed E-state index contributed by atoms with van der Waals surface area (Å²) in [5.41, 5.74) is 0. The van der Waals surface area contributed by atoms with E-state index in [1.54, 1.807) is 0 Å². The van der Waals surface area contributed by atoms with E-state index in [1.807, 2.05) is 0 Å². The minimum absolute atomic E-state index is 0.0574. The van der Waals surface area contributed by atoms with Gasteiger partial charge in [0.05, 0.1) is 6.61 Å². The highest BCUT2D eigenvalue weighted by Crippen LogP contribution is 2.12. The maximum Gasteiger partial charge on any atom is 0.306 e. The molecule has 0 aromatic carbocycles. The van der Waals surface area contributed by atoms with Crippen molar-refractivity contribution >= 4 is 11.9 Å². The van der Waals surface area contributed by atoms with Crippen LogP contribution in [0.5, 0.6) is 0 Å². The Balaban J connectivity index is 4.33. The Morgan fingerprint density at radius 3 is 1.32 bits per heavy atom. The van der Waals surface area contributed by atoms with Crippen molar-refractivity contribution in [2.75, 3.05) is 19.8 Å². The largest absolute Gasteiger partial charge is 0.462 e. The topological polar surface area (TPSA) is 61.8 Å². The van der Waals surface area contributed by atoms with Crippen molar-refractivity contribution in [2.45, 2.75) is 207 Å². The average molecular weight is 779 g/mol. The number of ether oxygens (including phenoxy) is 3. The molecule has 1 unspecified atom stereocenters. The first-order valence-corrected chi connectivity index (χ1v) is 23.1. The van der Waals surface area contributed by atoms with Gasteiger partial charge in [-0.2, -0.15) is 0 Å². The van der Waals surface area contributed by atoms with Crippen LogP contribution in [0.1, 0.15) is 201 Å². The molecular formula is C51H86O5. The minimum Gasteiger partial charge on any atom is -0.462 e. The van der Waals surface area contributed by atoms with Gasteiger partial charge in [0.1, 0.15) is 6.61 Å². The summed E-state index contributed by atoms with van der Waals surface area (Å²) < 4.78 is 17.3. The molecular weight excluding hydrogens is 693 g/mol. The predicted molar refractivity (Wildman–Crippen MR) is 242 cm³/mol. The van der Waals surface area contributed by atoms with Crippen molar-refractivity contribution in [3.63, 3.8) is 0 Å². The van der Waals surface area contributed by atoms with Crippen molar-refractivity contribution in [1.82, 2.24) is 0 Å². The fourth-order valence-electron chi connectivity index (χ4n) is 5.99. The smallest absolute Gasteiger partial charge is 0.306 e. The number of hydrogen-bond acceptors (Lipinski definition) is 5. The van der Waals surface area contributed by atoms with E-state index in [1.165, 1.54) is 57.8 Å². The van der Waals surface area contributed by atoms with E-state index >= 15 is 0 Å². The van der Waals surface area contributed by atoms with Gasteiger partial charge in [0, 0.05) is 19.4 Å². The van der Waals surface area contributed by atoms with E-state index in [-0.39, 0.29) is 25.2 Å². The molecule has 56 heavy (non-hydrogen) atoms. The molecule has 1 atom stereocenters. The third-order valence-electron chi connectivity index (χ3n) is 9.40. The number of hydrogen-bond donors (Lipinski definition) is 0. The van der Waals surface area contributed by atoms with E-state index in [0.29, 0.717) is 19.4 Å². The van der Waals surface area contributed by atoms with E-state index in [9.17, 15) is 9.59 Å². The summed E-state index contributed by atoms with van der Waals surface area (Å²) >= 11 is 0. The van der Waals surface area contributed by atoms with Crippen molar-refractivity contribution < 1.29 is 23.8 Å². The zero-order chi connectivity index (χ0) is 40.7. The molecule has 0 aliphatic rings. The first-order valence-electron chi connectivity index (χ1n) is 23.1. The molecule has 0 aliphatic carbocycles. The van der Waals surface area contributed by atoms with Crippen LogP contribution in [-0.4, -0.2) is 37.9 Å². The second-order valence-electron chi connectivity index (χ2n) is 14.9. The molecule has 0 radical (unpaired) electrons. The summed E-state index contributed by atoms with van der Waals surface area (Å²) in [5.74, 6) is -0.455. The molecule has 0 amide bonds. The number of carbonyl (C=O) groups excluding carboxylic acids is 2. The number of unbranched alkanes of at least 4 members (excludes halogenated alkanes) is 16. The van der Waals surface area contributed by atoms with Crippen molar-refractivity contribution in [2.24, 2.45) is 0 Å². The van der Waals surface area contributed by atoms with Crippen LogP contribution < -0.4 is 0 Å². The number of carbonyl (C=O) groups is 2. The Labute approximate surface area is 346 Å². The number of rotatable bonds is 41. The highest BCUT2D eigenvalue weighted by molar-refractivity contribution is 5.70. The summed E-state index contributed by atoms with van der Waals surface area (Å²) in [6, 6.07) is 0. The van der Waals surface area contributed by atoms with Gasteiger partial charge in [0.2, 0.25) is 0 Å². The molecule has 5 nitrogen and oxygen atoms in total. The monoisotopic (exact) mass is 779 g/mol. The quantitative estimate of drug-likeness (QED) is 0.0351. The summed E-state index contributed by atoms with van der Waals surface area (Å²) in [6.07, 6.45) is 60.1. The zero-order valence-corrected chi connectivity index (χ0v) is 36.6. The first kappa shape index (κ1) is 53.1. The Morgan fingerprint density at radius 2 is 0.804 bits per heavy atom. The van der Waals surface area contributed by atoms with E-state index in [0.717, 1.165) is 109 Å². The van der Waals surface area contributed by atoms with Gasteiger partial charge in [-0.05, 0) is 103 Å². The molecule has 0 N–H and O–H groups in total. The molecule has 0 saturated heterocycles. The Hall–Kier alpha value is -2.92. The number of allylic oxidation sites excluding steroid dienone is 14. The van der Waals surface area contributed by atoms with Gasteiger partial charge < -0.3 is 14.2 Å². The van der Waals surface area contributed by atoms with E-state index in [2.05, 4.69) is 106 Å². The van der Waals surface area contributed by atoms with Crippen molar-refractivity contribution in [3.05, 3.63) is 85.1 Å². The molecule has 0 aromatic rings. The molecule has 0 aliphatic heterocycles. The summed E-state index contributed by atoms with van der Waals surface area (Å²) in [4.78, 5) is 25.2. The Bertz CT molecular complexity index is 1060. The standard InChI is InChI=1S/C51H86O5/c1-4-7-10-13-16-19-22-24-25-26-28-31-34-37-40-43-46-54-47-49(56-51(53)45-42-39-36-33-29-21-18-15-12-9-6-3)48-55-50(52)44-41-38-35-32-30-27-23-20-17-14-11-8-5-2/h7-8,10-11,15-20,24-25,27,30,49H,4-6,9,12-14,21-23,26,28-29,31-48H2,1-3H3/b10-7-,11-8-,18-15-,19-16-,20-17-,25-24-,30-27-. The van der Waals surface area contributed by atoms with Crippen LogP contribution in [0.15, 0.2) is 85.1 Å². The summed E-state index contributed by atoms with van der Waals surface area (Å²) in [5, 5.41) is 0. The van der Waals surface area contributed by atoms with Gasteiger partial charge in [-0.25, -0.2) is 0 Å². The van der Waals surface area contributed by atoms with Crippen LogP contribution in [0.25, 0.3) is 0 Å². The molecule has 5 heteroatoms. The second-order valence-corrected chi connectivity index (χ2v) is 14.9. The Kier molecular flexibility index (Phi) is 44.0. The lowest BCUT2D eigenvalue weighted by molar-refractivity contribution is -0.163. The van der Waals surface area contributed by atoms with Gasteiger partial charge in [-0.1, -0.05) is 170 Å². The highest BCUT2D eigenvalue weighted by atomic mass is 16.6. The lowest BCUT2D eigenvalue weighted by Crippen LogP contribution is -2.30. The molecule has 0 spiro atoms. The van der Waals surface area contributed by atoms with Crippen LogP contribution in [0, 0.1) is 0 Å². The van der Waals surface area contributed by atoms with Gasteiger partial charge in [-0.15, -0.1) is 0 Å². The molecule has 0 rings (SSSR count). The molecule has 0 bridgehead atoms. The lowest BCUT2D eigenvalue weighted by atomic mass is 10.1. The fraction of sp³-hybridized carbons (Fsp3) is 0.686. The summed E-state index contributed by atoms with van der Waals surface area (Å²) in [7, 11) is 0. The maximum absolute atomic E-state index is 12.7. The highest BCUT2D eigenvalue weighted by Gasteiger charge is 2.17. The van der Waals surface area contributed by atoms with E-state index in [4.69, 9.17) is 14.2 Å². The molecule has 320 valence electrons. The average Bonchev–Trinajstić information content (AvgIpc) is 3.20. The normalized spacial score (nSPS) is 13.0. The van der Waals surface area contributed by atoms with Gasteiger partial charge >= 0.3 is 11.9 Å². The van der Waals surface area contributed by atoms with E-state index < -0.39 is 6.10 Å². The van der Waals surface area contributed by atoms with Gasteiger partial charge in [0.25, 0.3) is 0 Å². The van der Waals surface area contributed by atoms with Crippen molar-refractivity contribution in [1.29, 1.82) is 0 Å². The predicted octanol–water partition coefficient (Wildman–Crippen LogP) is 15.3. The lowest BCUT2D eigenvalue weighted by Gasteiger charge is -2.18. The van der Waals surface area contributed by atoms with Crippen LogP contribution in [-0.2, 0) is 23.8 Å². The summed E-state index contributed by atoms with van der Waals surface area (Å²) in [6.45, 7) is 7.48. The third kappa shape index (κ3) is 43.8. The first-order chi connectivity index (χ1) is 27.6.